The van der Waals surface area contributed by atoms with Crippen LogP contribution in [-0.2, 0) is 9.57 Å². The van der Waals surface area contributed by atoms with Gasteiger partial charge in [0.15, 0.2) is 0 Å². The summed E-state index contributed by atoms with van der Waals surface area (Å²) in [5, 5.41) is 4.14. The van der Waals surface area contributed by atoms with E-state index in [-0.39, 0.29) is 6.10 Å². The highest BCUT2D eigenvalue weighted by molar-refractivity contribution is 5.84. The molecule has 0 aromatic rings. The fourth-order valence-corrected chi connectivity index (χ4v) is 10.4. The van der Waals surface area contributed by atoms with Crippen molar-refractivity contribution in [3.8, 4) is 0 Å². The summed E-state index contributed by atoms with van der Waals surface area (Å²) in [6, 6.07) is 0. The molecule has 4 saturated carbocycles. The summed E-state index contributed by atoms with van der Waals surface area (Å²) in [5.41, 5.74) is 1.93. The fourth-order valence-electron chi connectivity index (χ4n) is 10.4. The number of fused-ring (bicyclic) bond motifs is 5. The minimum absolute atomic E-state index is 0.0143. The van der Waals surface area contributed by atoms with Crippen molar-refractivity contribution >= 4 is 11.9 Å². The molecule has 0 N–H and O–H groups in total. The van der Waals surface area contributed by atoms with E-state index in [1.807, 2.05) is 0 Å². The third-order valence-electron chi connectivity index (χ3n) is 12.4. The monoisotopic (exact) mass is 543 g/mol. The van der Waals surface area contributed by atoms with E-state index in [2.05, 4.69) is 53.6 Å². The zero-order valence-electron chi connectivity index (χ0n) is 26.6. The van der Waals surface area contributed by atoms with Crippen LogP contribution in [0.15, 0.2) is 5.16 Å². The standard InChI is InChI=1S/C35H61NO3/c1-8-11-27(12-9-2)36-39-33(37)38-28-19-21-34(6)26(23-28)15-16-29-31-18-17-30(25(5)14-10-13-24(3)4)35(31,7)22-20-32(29)34/h24-26,28-32H,8-23H2,1-7H3/t25-,26-,28-,29+,30-,31+,32+,34-,35+/m0/s1. The lowest BCUT2D eigenvalue weighted by Gasteiger charge is -2.61. The zero-order chi connectivity index (χ0) is 28.2. The molecule has 0 spiro atoms. The number of rotatable bonds is 11. The molecule has 0 aromatic heterocycles. The first-order valence-corrected chi connectivity index (χ1v) is 17.1. The zero-order valence-corrected chi connectivity index (χ0v) is 26.6. The predicted octanol–water partition coefficient (Wildman–Crippen LogP) is 10.6. The second kappa shape index (κ2) is 13.3. The minimum atomic E-state index is -0.602. The Hall–Kier alpha value is -1.06. The fraction of sp³-hybridized carbons (Fsp3) is 0.943. The molecular weight excluding hydrogens is 482 g/mol. The van der Waals surface area contributed by atoms with Gasteiger partial charge in [-0.1, -0.05) is 85.7 Å². The van der Waals surface area contributed by atoms with Gasteiger partial charge < -0.3 is 4.74 Å². The molecule has 0 unspecified atom stereocenters. The molecule has 4 heteroatoms. The molecule has 0 bridgehead atoms. The quantitative estimate of drug-likeness (QED) is 0.113. The topological polar surface area (TPSA) is 47.9 Å². The van der Waals surface area contributed by atoms with Gasteiger partial charge in [-0.25, -0.2) is 4.79 Å². The Morgan fingerprint density at radius 1 is 0.872 bits per heavy atom. The lowest BCUT2D eigenvalue weighted by atomic mass is 9.44. The van der Waals surface area contributed by atoms with E-state index >= 15 is 0 Å². The first-order valence-electron chi connectivity index (χ1n) is 17.1. The van der Waals surface area contributed by atoms with Gasteiger partial charge in [0.25, 0.3) is 0 Å². The van der Waals surface area contributed by atoms with E-state index in [0.717, 1.165) is 79.7 Å². The summed E-state index contributed by atoms with van der Waals surface area (Å²) in [6.07, 6.45) is 19.0. The van der Waals surface area contributed by atoms with Gasteiger partial charge in [-0.3, -0.25) is 4.84 Å². The van der Waals surface area contributed by atoms with E-state index in [1.54, 1.807) is 0 Å². The van der Waals surface area contributed by atoms with Crippen LogP contribution in [0.1, 0.15) is 151 Å². The highest BCUT2D eigenvalue weighted by Gasteiger charge is 2.60. The van der Waals surface area contributed by atoms with Crippen LogP contribution in [0.5, 0.6) is 0 Å². The van der Waals surface area contributed by atoms with Crippen molar-refractivity contribution in [2.45, 2.75) is 157 Å². The molecule has 0 radical (unpaired) electrons. The van der Waals surface area contributed by atoms with Gasteiger partial charge in [0.1, 0.15) is 6.10 Å². The van der Waals surface area contributed by atoms with Crippen molar-refractivity contribution in [1.29, 1.82) is 0 Å². The Morgan fingerprint density at radius 2 is 1.56 bits per heavy atom. The maximum atomic E-state index is 12.5. The minimum Gasteiger partial charge on any atom is -0.429 e. The van der Waals surface area contributed by atoms with Crippen LogP contribution in [0.3, 0.4) is 0 Å². The number of hydrogen-bond donors (Lipinski definition) is 0. The molecule has 0 aromatic carbocycles. The smallest absolute Gasteiger partial charge is 0.429 e. The highest BCUT2D eigenvalue weighted by atomic mass is 16.8. The van der Waals surface area contributed by atoms with Crippen LogP contribution < -0.4 is 0 Å². The summed E-state index contributed by atoms with van der Waals surface area (Å²) in [4.78, 5) is 17.7. The molecule has 0 saturated heterocycles. The van der Waals surface area contributed by atoms with Crippen LogP contribution in [0.2, 0.25) is 0 Å². The summed E-state index contributed by atoms with van der Waals surface area (Å²) in [5.74, 6) is 5.99. The van der Waals surface area contributed by atoms with Crippen LogP contribution in [0, 0.1) is 52.3 Å². The van der Waals surface area contributed by atoms with Crippen molar-refractivity contribution in [3.05, 3.63) is 0 Å². The van der Waals surface area contributed by atoms with Crippen molar-refractivity contribution in [3.63, 3.8) is 0 Å². The summed E-state index contributed by atoms with van der Waals surface area (Å²) in [7, 11) is 0. The number of carbonyl (C=O) groups excluding carboxylic acids is 1. The Labute approximate surface area is 240 Å². The number of hydrogen-bond acceptors (Lipinski definition) is 4. The van der Waals surface area contributed by atoms with E-state index in [0.29, 0.717) is 16.7 Å². The first kappa shape index (κ1) is 30.9. The molecule has 4 nitrogen and oxygen atoms in total. The molecule has 224 valence electrons. The maximum Gasteiger partial charge on any atom is 0.535 e. The molecule has 39 heavy (non-hydrogen) atoms. The number of carbonyl (C=O) groups is 1. The van der Waals surface area contributed by atoms with Crippen LogP contribution in [0.25, 0.3) is 0 Å². The molecule has 0 aliphatic heterocycles. The number of ether oxygens (including phenoxy) is 1. The van der Waals surface area contributed by atoms with Crippen molar-refractivity contribution in [2.75, 3.05) is 0 Å². The van der Waals surface area contributed by atoms with Gasteiger partial charge in [0.05, 0.1) is 5.71 Å². The number of oxime groups is 1. The molecule has 9 atom stereocenters. The molecule has 4 rings (SSSR count). The Bertz CT molecular complexity index is 830. The summed E-state index contributed by atoms with van der Waals surface area (Å²) < 4.78 is 5.83. The highest BCUT2D eigenvalue weighted by Crippen LogP contribution is 2.68. The predicted molar refractivity (Wildman–Crippen MR) is 162 cm³/mol. The molecule has 4 aliphatic rings. The third kappa shape index (κ3) is 6.72. The maximum absolute atomic E-state index is 12.5. The van der Waals surface area contributed by atoms with Gasteiger partial charge in [0.2, 0.25) is 0 Å². The largest absolute Gasteiger partial charge is 0.535 e. The van der Waals surface area contributed by atoms with Crippen LogP contribution in [-0.4, -0.2) is 18.0 Å². The Kier molecular flexibility index (Phi) is 10.5. The van der Waals surface area contributed by atoms with E-state index in [4.69, 9.17) is 9.57 Å². The molecule has 0 heterocycles. The lowest BCUT2D eigenvalue weighted by molar-refractivity contribution is -0.132. The van der Waals surface area contributed by atoms with Crippen LogP contribution >= 0.6 is 0 Å². The Balaban J connectivity index is 1.33. The van der Waals surface area contributed by atoms with Gasteiger partial charge in [0, 0.05) is 0 Å². The average Bonchev–Trinajstić information content (AvgIpc) is 3.25. The lowest BCUT2D eigenvalue weighted by Crippen LogP contribution is -2.54. The second-order valence-corrected chi connectivity index (χ2v) is 15.2. The molecule has 0 amide bonds. The molecule has 4 fully saturated rings. The van der Waals surface area contributed by atoms with Crippen molar-refractivity contribution in [2.24, 2.45) is 57.4 Å². The van der Waals surface area contributed by atoms with Gasteiger partial charge in [-0.2, -0.15) is 0 Å². The normalized spacial score (nSPS) is 38.4. The molecule has 4 aliphatic carbocycles. The van der Waals surface area contributed by atoms with E-state index < -0.39 is 6.16 Å². The summed E-state index contributed by atoms with van der Waals surface area (Å²) in [6.45, 7) is 16.9. The van der Waals surface area contributed by atoms with Crippen molar-refractivity contribution in [1.82, 2.24) is 0 Å². The van der Waals surface area contributed by atoms with Gasteiger partial charge in [-0.05, 0) is 123 Å². The molecular formula is C35H61NO3. The first-order chi connectivity index (χ1) is 18.6. The van der Waals surface area contributed by atoms with Gasteiger partial charge in [-0.15, -0.1) is 0 Å². The Morgan fingerprint density at radius 3 is 2.26 bits per heavy atom. The van der Waals surface area contributed by atoms with E-state index in [1.165, 1.54) is 64.2 Å². The summed E-state index contributed by atoms with van der Waals surface area (Å²) >= 11 is 0. The van der Waals surface area contributed by atoms with Crippen LogP contribution in [0.4, 0.5) is 4.79 Å². The average molecular weight is 544 g/mol. The van der Waals surface area contributed by atoms with Gasteiger partial charge >= 0.3 is 6.16 Å². The SMILES string of the molecule is CCCC(CCC)=NOC(=O)O[C@H]1CC[C@@]2(C)[C@@H](CC[C@H]3[C@H]2CC[C@@]2(C)[C@@H]3CC[C@H]2[C@@H](C)CCCC(C)C)C1. The number of nitrogens with zero attached hydrogens (tertiary/aromatic N) is 1. The second-order valence-electron chi connectivity index (χ2n) is 15.2. The third-order valence-corrected chi connectivity index (χ3v) is 12.4. The van der Waals surface area contributed by atoms with E-state index in [9.17, 15) is 4.79 Å². The van der Waals surface area contributed by atoms with Crippen molar-refractivity contribution < 1.29 is 14.4 Å².